The molecule has 0 heterocycles. The molecule has 0 aromatic heterocycles. The number of alkyl halides is 1. The molecule has 1 atom stereocenters. The van der Waals surface area contributed by atoms with Crippen LogP contribution in [0.5, 0.6) is 0 Å². The number of esters is 1. The van der Waals surface area contributed by atoms with E-state index >= 15 is 0 Å². The van der Waals surface area contributed by atoms with Gasteiger partial charge >= 0.3 is 5.97 Å². The lowest BCUT2D eigenvalue weighted by atomic mass is 10.1. The Kier molecular flexibility index (Phi) is 5.10. The molecule has 0 aliphatic heterocycles. The van der Waals surface area contributed by atoms with Crippen LogP contribution in [-0.4, -0.2) is 17.6 Å². The topological polar surface area (TPSA) is 55.7 Å². The third-order valence-electron chi connectivity index (χ3n) is 1.97. The number of nitrogens with zero attached hydrogens (tertiary/aromatic N) is 1. The smallest absolute Gasteiger partial charge is 0.339 e. The second-order valence-electron chi connectivity index (χ2n) is 3.29. The molecule has 0 amide bonds. The number of benzene rings is 1. The summed E-state index contributed by atoms with van der Waals surface area (Å²) in [6.07, 6.45) is 1.40. The minimum atomic E-state index is -0.774. The van der Waals surface area contributed by atoms with Gasteiger partial charge in [-0.15, -0.1) is 0 Å². The Morgan fingerprint density at radius 3 is 2.78 bits per heavy atom. The second kappa shape index (κ2) is 6.36. The predicted octanol–water partition coefficient (Wildman–Crippen LogP) is 3.45. The molecule has 1 unspecified atom stereocenters. The fourth-order valence-electron chi connectivity index (χ4n) is 1.20. The number of rotatable bonds is 4. The Bertz CT molecular complexity index is 534. The summed E-state index contributed by atoms with van der Waals surface area (Å²) in [5.41, 5.74) is -0.0904. The van der Waals surface area contributed by atoms with E-state index in [0.29, 0.717) is 16.3 Å². The molecule has 0 aliphatic carbocycles. The summed E-state index contributed by atoms with van der Waals surface area (Å²) >= 11 is 11.5. The normalized spacial score (nSPS) is 11.3. The van der Waals surface area contributed by atoms with Gasteiger partial charge in [-0.25, -0.2) is 9.59 Å². The van der Waals surface area contributed by atoms with Crippen molar-refractivity contribution in [2.24, 2.45) is 4.99 Å². The molecule has 4 nitrogen and oxygen atoms in total. The first-order chi connectivity index (χ1) is 8.45. The standard InChI is InChI=1S/C12H9Cl2NO3/c1-7(12(17)18-8(2)13)10-5-9(15-6-16)3-4-11(10)14/h3-5,8H,1H2,2H3. The van der Waals surface area contributed by atoms with E-state index in [2.05, 4.69) is 11.6 Å². The highest BCUT2D eigenvalue weighted by Crippen LogP contribution is 2.28. The predicted molar refractivity (Wildman–Crippen MR) is 69.7 cm³/mol. The van der Waals surface area contributed by atoms with Gasteiger partial charge in [-0.05, 0) is 25.1 Å². The maximum Gasteiger partial charge on any atom is 0.339 e. The fraction of sp³-hybridized carbons (Fsp3) is 0.167. The van der Waals surface area contributed by atoms with Crippen LogP contribution >= 0.6 is 23.2 Å². The molecule has 0 N–H and O–H groups in total. The summed E-state index contributed by atoms with van der Waals surface area (Å²) in [4.78, 5) is 25.2. The molecule has 6 heteroatoms. The van der Waals surface area contributed by atoms with Crippen LogP contribution < -0.4 is 0 Å². The number of hydrogen-bond acceptors (Lipinski definition) is 4. The van der Waals surface area contributed by atoms with Crippen molar-refractivity contribution in [3.05, 3.63) is 35.4 Å². The van der Waals surface area contributed by atoms with Crippen LogP contribution in [0.2, 0.25) is 5.02 Å². The van der Waals surface area contributed by atoms with Crippen LogP contribution in [0.3, 0.4) is 0 Å². The average Bonchev–Trinajstić information content (AvgIpc) is 2.30. The molecular weight excluding hydrogens is 277 g/mol. The molecular formula is C12H9Cl2NO3. The minimum absolute atomic E-state index is 0.0375. The Balaban J connectivity index is 3.08. The monoisotopic (exact) mass is 285 g/mol. The number of halogens is 2. The maximum atomic E-state index is 11.6. The van der Waals surface area contributed by atoms with Crippen LogP contribution in [0, 0.1) is 0 Å². The first-order valence-electron chi connectivity index (χ1n) is 4.87. The van der Waals surface area contributed by atoms with Gasteiger partial charge < -0.3 is 4.74 Å². The van der Waals surface area contributed by atoms with Gasteiger partial charge in [-0.3, -0.25) is 0 Å². The van der Waals surface area contributed by atoms with Crippen molar-refractivity contribution in [1.29, 1.82) is 0 Å². The molecule has 1 aromatic carbocycles. The maximum absolute atomic E-state index is 11.6. The van der Waals surface area contributed by atoms with E-state index < -0.39 is 11.5 Å². The van der Waals surface area contributed by atoms with Crippen molar-refractivity contribution in [1.82, 2.24) is 0 Å². The quantitative estimate of drug-likeness (QED) is 0.280. The highest BCUT2D eigenvalue weighted by atomic mass is 35.5. The van der Waals surface area contributed by atoms with Gasteiger partial charge in [0, 0.05) is 10.6 Å². The van der Waals surface area contributed by atoms with Gasteiger partial charge in [-0.2, -0.15) is 4.99 Å². The van der Waals surface area contributed by atoms with Gasteiger partial charge in [0.1, 0.15) is 0 Å². The van der Waals surface area contributed by atoms with Gasteiger partial charge in [0.15, 0.2) is 5.56 Å². The highest BCUT2D eigenvalue weighted by molar-refractivity contribution is 6.34. The summed E-state index contributed by atoms with van der Waals surface area (Å²) in [7, 11) is 0. The van der Waals surface area contributed by atoms with Crippen molar-refractivity contribution >= 4 is 46.5 Å². The first kappa shape index (κ1) is 14.5. The van der Waals surface area contributed by atoms with Gasteiger partial charge in [-0.1, -0.05) is 29.8 Å². The number of aliphatic imine (C=N–C) groups is 1. The molecule has 18 heavy (non-hydrogen) atoms. The molecule has 0 bridgehead atoms. The van der Waals surface area contributed by atoms with E-state index in [1.54, 1.807) is 0 Å². The Morgan fingerprint density at radius 1 is 1.56 bits per heavy atom. The number of hydrogen-bond donors (Lipinski definition) is 0. The lowest BCUT2D eigenvalue weighted by Crippen LogP contribution is -2.10. The van der Waals surface area contributed by atoms with E-state index in [9.17, 15) is 9.59 Å². The van der Waals surface area contributed by atoms with E-state index in [1.807, 2.05) is 0 Å². The molecule has 0 radical (unpaired) electrons. The molecule has 0 aliphatic rings. The Labute approximate surface area is 114 Å². The fourth-order valence-corrected chi connectivity index (χ4v) is 1.51. The molecule has 1 rings (SSSR count). The molecule has 0 spiro atoms. The van der Waals surface area contributed by atoms with Crippen molar-refractivity contribution < 1.29 is 14.3 Å². The second-order valence-corrected chi connectivity index (χ2v) is 4.32. The molecule has 94 valence electrons. The van der Waals surface area contributed by atoms with Crippen LogP contribution in [0.15, 0.2) is 29.8 Å². The number of ether oxygens (including phenoxy) is 1. The summed E-state index contributed by atoms with van der Waals surface area (Å²) in [6, 6.07) is 4.45. The summed E-state index contributed by atoms with van der Waals surface area (Å²) in [6.45, 7) is 5.08. The zero-order chi connectivity index (χ0) is 13.7. The van der Waals surface area contributed by atoms with Crippen molar-refractivity contribution in [2.45, 2.75) is 12.5 Å². The molecule has 0 fully saturated rings. The highest BCUT2D eigenvalue weighted by Gasteiger charge is 2.16. The number of isocyanates is 1. The number of carbonyl (C=O) groups excluding carboxylic acids is 2. The van der Waals surface area contributed by atoms with Gasteiger partial charge in [0.05, 0.1) is 11.3 Å². The van der Waals surface area contributed by atoms with E-state index in [-0.39, 0.29) is 5.57 Å². The summed E-state index contributed by atoms with van der Waals surface area (Å²) < 4.78 is 4.78. The SMILES string of the molecule is C=C(C(=O)OC(C)Cl)c1cc(N=C=O)ccc1Cl. The van der Waals surface area contributed by atoms with Crippen LogP contribution in [0.25, 0.3) is 5.57 Å². The molecule has 1 aromatic rings. The van der Waals surface area contributed by atoms with Crippen molar-refractivity contribution in [2.75, 3.05) is 0 Å². The lowest BCUT2D eigenvalue weighted by molar-refractivity contribution is -0.137. The van der Waals surface area contributed by atoms with E-state index in [4.69, 9.17) is 27.9 Å². The van der Waals surface area contributed by atoms with Crippen LogP contribution in [-0.2, 0) is 14.3 Å². The minimum Gasteiger partial charge on any atom is -0.443 e. The van der Waals surface area contributed by atoms with E-state index in [0.717, 1.165) is 0 Å². The van der Waals surface area contributed by atoms with Gasteiger partial charge in [0.25, 0.3) is 0 Å². The van der Waals surface area contributed by atoms with Crippen LogP contribution in [0.4, 0.5) is 5.69 Å². The third kappa shape index (κ3) is 3.70. The van der Waals surface area contributed by atoms with E-state index in [1.165, 1.54) is 31.2 Å². The zero-order valence-electron chi connectivity index (χ0n) is 9.44. The van der Waals surface area contributed by atoms with Crippen molar-refractivity contribution in [3.63, 3.8) is 0 Å². The van der Waals surface area contributed by atoms with Crippen molar-refractivity contribution in [3.8, 4) is 0 Å². The largest absolute Gasteiger partial charge is 0.443 e. The summed E-state index contributed by atoms with van der Waals surface area (Å²) in [5, 5.41) is 0.295. The Hall–Kier alpha value is -1.61. The number of carbonyl (C=O) groups is 1. The Morgan fingerprint density at radius 2 is 2.22 bits per heavy atom. The van der Waals surface area contributed by atoms with Crippen LogP contribution in [0.1, 0.15) is 12.5 Å². The molecule has 0 saturated carbocycles. The van der Waals surface area contributed by atoms with Gasteiger partial charge in [0.2, 0.25) is 6.08 Å². The third-order valence-corrected chi connectivity index (χ3v) is 2.38. The summed E-state index contributed by atoms with van der Waals surface area (Å²) in [5.74, 6) is -0.688. The average molecular weight is 286 g/mol. The lowest BCUT2D eigenvalue weighted by Gasteiger charge is -2.10. The molecule has 0 saturated heterocycles. The zero-order valence-corrected chi connectivity index (χ0v) is 11.0. The first-order valence-corrected chi connectivity index (χ1v) is 5.69.